The minimum absolute atomic E-state index is 0.139. The second kappa shape index (κ2) is 5.93. The van der Waals surface area contributed by atoms with Crippen molar-refractivity contribution in [3.63, 3.8) is 0 Å². The second-order valence-corrected chi connectivity index (χ2v) is 6.70. The molecule has 0 aromatic heterocycles. The molecule has 0 saturated heterocycles. The quantitative estimate of drug-likeness (QED) is 0.668. The highest BCUT2D eigenvalue weighted by molar-refractivity contribution is 9.10. The number of carbonyl (C=O) groups is 2. The maximum absolute atomic E-state index is 12.3. The first-order valence-corrected chi connectivity index (χ1v) is 8.39. The van der Waals surface area contributed by atoms with Crippen LogP contribution in [0.1, 0.15) is 22.0 Å². The van der Waals surface area contributed by atoms with Crippen LogP contribution in [0, 0.1) is 0 Å². The number of anilines is 2. The Balaban J connectivity index is 1.83. The monoisotopic (exact) mass is 400 g/mol. The van der Waals surface area contributed by atoms with Crippen molar-refractivity contribution < 1.29 is 19.4 Å². The summed E-state index contributed by atoms with van der Waals surface area (Å²) in [6, 6.07) is 12.1. The molecule has 25 heavy (non-hydrogen) atoms. The number of halogens is 1. The molecule has 0 amide bonds. The molecule has 6 nitrogen and oxygen atoms in total. The Bertz CT molecular complexity index is 921. The van der Waals surface area contributed by atoms with Gasteiger partial charge in [-0.3, -0.25) is 0 Å². The van der Waals surface area contributed by atoms with E-state index in [9.17, 15) is 14.7 Å². The number of cyclic esters (lactones) is 1. The van der Waals surface area contributed by atoms with E-state index >= 15 is 0 Å². The van der Waals surface area contributed by atoms with E-state index in [-0.39, 0.29) is 24.2 Å². The Hall–Kier alpha value is -2.80. The molecule has 126 valence electrons. The molecular weight excluding hydrogens is 388 g/mol. The minimum Gasteiger partial charge on any atom is -0.478 e. The normalized spacial score (nSPS) is 18.4. The van der Waals surface area contributed by atoms with Crippen LogP contribution in [-0.4, -0.2) is 23.7 Å². The van der Waals surface area contributed by atoms with Gasteiger partial charge in [0.15, 0.2) is 0 Å². The van der Waals surface area contributed by atoms with Crippen molar-refractivity contribution in [3.8, 4) is 0 Å². The van der Waals surface area contributed by atoms with E-state index < -0.39 is 5.97 Å². The number of hydrogen-bond donors (Lipinski definition) is 3. The summed E-state index contributed by atoms with van der Waals surface area (Å²) in [7, 11) is 0. The van der Waals surface area contributed by atoms with Crippen molar-refractivity contribution in [2.24, 2.45) is 0 Å². The Morgan fingerprint density at radius 3 is 2.64 bits per heavy atom. The number of carboxylic acid groups (broad SMARTS) is 1. The van der Waals surface area contributed by atoms with Crippen LogP contribution in [0.15, 0.2) is 58.2 Å². The van der Waals surface area contributed by atoms with Crippen molar-refractivity contribution in [2.75, 3.05) is 17.2 Å². The van der Waals surface area contributed by atoms with Gasteiger partial charge in [-0.05, 0) is 35.9 Å². The fourth-order valence-corrected chi connectivity index (χ4v) is 3.28. The first kappa shape index (κ1) is 15.7. The molecule has 2 aromatic rings. The first-order valence-electron chi connectivity index (χ1n) is 7.59. The van der Waals surface area contributed by atoms with Crippen LogP contribution in [0.4, 0.5) is 11.4 Å². The highest BCUT2D eigenvalue weighted by Gasteiger charge is 2.35. The van der Waals surface area contributed by atoms with Gasteiger partial charge < -0.3 is 20.5 Å². The van der Waals surface area contributed by atoms with Crippen molar-refractivity contribution in [2.45, 2.75) is 6.04 Å². The lowest BCUT2D eigenvalue weighted by atomic mass is 9.98. The zero-order valence-electron chi connectivity index (χ0n) is 12.9. The van der Waals surface area contributed by atoms with Crippen LogP contribution >= 0.6 is 15.9 Å². The zero-order valence-corrected chi connectivity index (χ0v) is 14.5. The Labute approximate surface area is 151 Å². The van der Waals surface area contributed by atoms with Gasteiger partial charge in [0.2, 0.25) is 0 Å². The predicted molar refractivity (Wildman–Crippen MR) is 95.5 cm³/mol. The SMILES string of the molecule is O=C1OCC2=C1C(c1ccc(Br)cc1)Nc1ccc(C(=O)O)cc1N2. The van der Waals surface area contributed by atoms with Crippen LogP contribution in [0.25, 0.3) is 0 Å². The maximum Gasteiger partial charge on any atom is 0.338 e. The van der Waals surface area contributed by atoms with Crippen LogP contribution < -0.4 is 10.6 Å². The molecule has 2 aliphatic heterocycles. The lowest BCUT2D eigenvalue weighted by Crippen LogP contribution is -2.17. The molecule has 0 aliphatic carbocycles. The minimum atomic E-state index is -1.01. The van der Waals surface area contributed by atoms with Gasteiger partial charge in [0, 0.05) is 4.47 Å². The summed E-state index contributed by atoms with van der Waals surface area (Å²) >= 11 is 3.41. The highest BCUT2D eigenvalue weighted by Crippen LogP contribution is 2.39. The molecule has 4 rings (SSSR count). The molecule has 0 spiro atoms. The number of fused-ring (bicyclic) bond motifs is 1. The molecule has 0 radical (unpaired) electrons. The van der Waals surface area contributed by atoms with Crippen LogP contribution in [0.2, 0.25) is 0 Å². The molecule has 2 heterocycles. The van der Waals surface area contributed by atoms with E-state index in [1.807, 2.05) is 24.3 Å². The standard InChI is InChI=1S/C18H13BrN2O4/c19-11-4-1-9(2-5-11)16-15-14(8-25-18(15)24)20-13-7-10(17(22)23)3-6-12(13)21-16/h1-7,16,20-21H,8H2,(H,22,23). The summed E-state index contributed by atoms with van der Waals surface area (Å²) in [5.41, 5.74) is 3.56. The smallest absolute Gasteiger partial charge is 0.338 e. The van der Waals surface area contributed by atoms with E-state index in [1.54, 1.807) is 12.1 Å². The number of hydrogen-bond acceptors (Lipinski definition) is 5. The second-order valence-electron chi connectivity index (χ2n) is 5.79. The van der Waals surface area contributed by atoms with Gasteiger partial charge in [-0.15, -0.1) is 0 Å². The van der Waals surface area contributed by atoms with Crippen molar-refractivity contribution in [1.82, 2.24) is 0 Å². The van der Waals surface area contributed by atoms with Crippen molar-refractivity contribution >= 4 is 39.2 Å². The third-order valence-electron chi connectivity index (χ3n) is 4.24. The molecule has 0 fully saturated rings. The lowest BCUT2D eigenvalue weighted by Gasteiger charge is -2.20. The number of aromatic carboxylic acids is 1. The third-order valence-corrected chi connectivity index (χ3v) is 4.77. The number of ether oxygens (including phenoxy) is 1. The Morgan fingerprint density at radius 1 is 1.16 bits per heavy atom. The molecule has 1 atom stereocenters. The van der Waals surface area contributed by atoms with Crippen LogP contribution in [0.3, 0.4) is 0 Å². The number of rotatable bonds is 2. The number of benzene rings is 2. The summed E-state index contributed by atoms with van der Waals surface area (Å²) in [6.07, 6.45) is 0. The van der Waals surface area contributed by atoms with E-state index in [4.69, 9.17) is 4.74 Å². The number of carboxylic acids is 1. The predicted octanol–water partition coefficient (Wildman–Crippen LogP) is 3.54. The third kappa shape index (κ3) is 2.76. The summed E-state index contributed by atoms with van der Waals surface area (Å²) < 4.78 is 6.12. The van der Waals surface area contributed by atoms with E-state index in [1.165, 1.54) is 6.07 Å². The molecule has 1 unspecified atom stereocenters. The summed E-state index contributed by atoms with van der Waals surface area (Å²) in [5.74, 6) is -1.39. The zero-order chi connectivity index (χ0) is 17.6. The molecule has 2 aliphatic rings. The number of nitrogens with one attached hydrogen (secondary N) is 2. The fraction of sp³-hybridized carbons (Fsp3) is 0.111. The van der Waals surface area contributed by atoms with Crippen molar-refractivity contribution in [1.29, 1.82) is 0 Å². The lowest BCUT2D eigenvalue weighted by molar-refractivity contribution is -0.136. The van der Waals surface area contributed by atoms with Crippen LogP contribution in [0.5, 0.6) is 0 Å². The van der Waals surface area contributed by atoms with Crippen LogP contribution in [-0.2, 0) is 9.53 Å². The van der Waals surface area contributed by atoms with Gasteiger partial charge in [-0.1, -0.05) is 28.1 Å². The van der Waals surface area contributed by atoms with Gasteiger partial charge in [0.05, 0.1) is 34.3 Å². The summed E-state index contributed by atoms with van der Waals surface area (Å²) in [6.45, 7) is 0.139. The molecular formula is C18H13BrN2O4. The molecule has 2 aromatic carbocycles. The largest absolute Gasteiger partial charge is 0.478 e. The average molecular weight is 401 g/mol. The molecule has 3 N–H and O–H groups in total. The van der Waals surface area contributed by atoms with Crippen molar-refractivity contribution in [3.05, 3.63) is 69.3 Å². The molecule has 7 heteroatoms. The Morgan fingerprint density at radius 2 is 1.92 bits per heavy atom. The molecule has 0 bridgehead atoms. The summed E-state index contributed by atoms with van der Waals surface area (Å²) in [4.78, 5) is 23.5. The highest BCUT2D eigenvalue weighted by atomic mass is 79.9. The number of esters is 1. The summed E-state index contributed by atoms with van der Waals surface area (Å²) in [5, 5.41) is 15.7. The maximum atomic E-state index is 12.3. The van der Waals surface area contributed by atoms with Gasteiger partial charge in [-0.2, -0.15) is 0 Å². The molecule has 0 saturated carbocycles. The van der Waals surface area contributed by atoms with Gasteiger partial charge in [0.1, 0.15) is 6.61 Å². The first-order chi connectivity index (χ1) is 12.0. The Kier molecular flexibility index (Phi) is 3.73. The van der Waals surface area contributed by atoms with Gasteiger partial charge >= 0.3 is 11.9 Å². The van der Waals surface area contributed by atoms with E-state index in [0.29, 0.717) is 17.0 Å². The van der Waals surface area contributed by atoms with E-state index in [2.05, 4.69) is 26.6 Å². The number of carbonyl (C=O) groups excluding carboxylic acids is 1. The average Bonchev–Trinajstić information content (AvgIpc) is 2.86. The topological polar surface area (TPSA) is 87.7 Å². The van der Waals surface area contributed by atoms with Gasteiger partial charge in [0.25, 0.3) is 0 Å². The fourth-order valence-electron chi connectivity index (χ4n) is 3.01. The van der Waals surface area contributed by atoms with E-state index in [0.717, 1.165) is 15.7 Å². The van der Waals surface area contributed by atoms with Gasteiger partial charge in [-0.25, -0.2) is 9.59 Å².